The number of likely N-dealkylation sites (tertiary alicyclic amines) is 1. The van der Waals surface area contributed by atoms with Crippen LogP contribution in [0.5, 0.6) is 0 Å². The third-order valence-corrected chi connectivity index (χ3v) is 3.87. The lowest BCUT2D eigenvalue weighted by molar-refractivity contribution is -0.145. The van der Waals surface area contributed by atoms with E-state index in [4.69, 9.17) is 5.11 Å². The maximum Gasteiger partial charge on any atom is 0.321 e. The normalized spacial score (nSPS) is 17.8. The van der Waals surface area contributed by atoms with Crippen LogP contribution in [0.2, 0.25) is 0 Å². The van der Waals surface area contributed by atoms with Gasteiger partial charge in [-0.2, -0.15) is 0 Å². The SMILES string of the molecule is O=C(O)C1CN(C(=O)Nc2ccc3c(c2)CCC3)C1. The molecule has 0 unspecified atom stereocenters. The van der Waals surface area contributed by atoms with Crippen LogP contribution in [0.1, 0.15) is 17.5 Å². The molecule has 1 aliphatic carbocycles. The molecule has 1 saturated heterocycles. The summed E-state index contributed by atoms with van der Waals surface area (Å²) in [4.78, 5) is 24.1. The molecule has 2 aliphatic rings. The predicted molar refractivity (Wildman–Crippen MR) is 70.2 cm³/mol. The zero-order chi connectivity index (χ0) is 13.4. The van der Waals surface area contributed by atoms with E-state index in [1.54, 1.807) is 0 Å². The van der Waals surface area contributed by atoms with Gasteiger partial charge in [0, 0.05) is 18.8 Å². The van der Waals surface area contributed by atoms with Crippen molar-refractivity contribution in [2.24, 2.45) is 5.92 Å². The number of hydrogen-bond donors (Lipinski definition) is 2. The van der Waals surface area contributed by atoms with Crippen molar-refractivity contribution in [3.63, 3.8) is 0 Å². The number of rotatable bonds is 2. The highest BCUT2D eigenvalue weighted by molar-refractivity contribution is 5.91. The minimum absolute atomic E-state index is 0.213. The predicted octanol–water partition coefficient (Wildman–Crippen LogP) is 1.72. The van der Waals surface area contributed by atoms with Crippen LogP contribution < -0.4 is 5.32 Å². The van der Waals surface area contributed by atoms with E-state index in [9.17, 15) is 9.59 Å². The highest BCUT2D eigenvalue weighted by atomic mass is 16.4. The Labute approximate surface area is 111 Å². The van der Waals surface area contributed by atoms with Gasteiger partial charge in [0.25, 0.3) is 0 Å². The molecule has 5 nitrogen and oxygen atoms in total. The van der Waals surface area contributed by atoms with Gasteiger partial charge in [-0.15, -0.1) is 0 Å². The van der Waals surface area contributed by atoms with Crippen LogP contribution in [0, 0.1) is 5.92 Å². The quantitative estimate of drug-likeness (QED) is 0.850. The Balaban J connectivity index is 1.60. The van der Waals surface area contributed by atoms with Crippen molar-refractivity contribution in [3.8, 4) is 0 Å². The van der Waals surface area contributed by atoms with Gasteiger partial charge in [-0.25, -0.2) is 4.79 Å². The number of carboxylic acids is 1. The summed E-state index contributed by atoms with van der Waals surface area (Å²) >= 11 is 0. The standard InChI is InChI=1S/C14H16N2O3/c17-13(18)11-7-16(8-11)14(19)15-12-5-4-9-2-1-3-10(9)6-12/h4-6,11H,1-3,7-8H2,(H,15,19)(H,17,18). The molecule has 5 heteroatoms. The summed E-state index contributed by atoms with van der Waals surface area (Å²) in [6.45, 7) is 0.595. The van der Waals surface area contributed by atoms with Crippen LogP contribution in [0.15, 0.2) is 18.2 Å². The Kier molecular flexibility index (Phi) is 2.89. The Morgan fingerprint density at radius 2 is 1.95 bits per heavy atom. The first kappa shape index (κ1) is 12.0. The Bertz CT molecular complexity index is 535. The fraction of sp³-hybridized carbons (Fsp3) is 0.429. The molecule has 1 fully saturated rings. The summed E-state index contributed by atoms with van der Waals surface area (Å²) < 4.78 is 0. The van der Waals surface area contributed by atoms with Gasteiger partial charge < -0.3 is 15.3 Å². The zero-order valence-corrected chi connectivity index (χ0v) is 10.6. The Morgan fingerprint density at radius 3 is 2.68 bits per heavy atom. The molecule has 2 amide bonds. The van der Waals surface area contributed by atoms with Crippen molar-refractivity contribution in [2.75, 3.05) is 18.4 Å². The first-order valence-electron chi connectivity index (χ1n) is 6.54. The number of urea groups is 1. The minimum atomic E-state index is -0.832. The number of fused-ring (bicyclic) bond motifs is 1. The number of anilines is 1. The number of nitrogens with zero attached hydrogens (tertiary/aromatic N) is 1. The van der Waals surface area contributed by atoms with Crippen molar-refractivity contribution < 1.29 is 14.7 Å². The van der Waals surface area contributed by atoms with Gasteiger partial charge in [0.1, 0.15) is 0 Å². The fourth-order valence-corrected chi connectivity index (χ4v) is 2.65. The van der Waals surface area contributed by atoms with Gasteiger partial charge >= 0.3 is 12.0 Å². The van der Waals surface area contributed by atoms with Gasteiger partial charge in [0.05, 0.1) is 5.92 Å². The van der Waals surface area contributed by atoms with E-state index in [1.165, 1.54) is 22.4 Å². The first-order chi connectivity index (χ1) is 9.13. The van der Waals surface area contributed by atoms with Crippen LogP contribution in [-0.4, -0.2) is 35.1 Å². The van der Waals surface area contributed by atoms with Gasteiger partial charge in [-0.1, -0.05) is 6.07 Å². The van der Waals surface area contributed by atoms with Crippen LogP contribution in [0.25, 0.3) is 0 Å². The van der Waals surface area contributed by atoms with Gasteiger partial charge in [0.2, 0.25) is 0 Å². The van der Waals surface area contributed by atoms with Crippen LogP contribution in [0.4, 0.5) is 10.5 Å². The number of aliphatic carboxylic acids is 1. The van der Waals surface area contributed by atoms with Crippen molar-refractivity contribution in [2.45, 2.75) is 19.3 Å². The topological polar surface area (TPSA) is 69.6 Å². The second-order valence-electron chi connectivity index (χ2n) is 5.21. The average Bonchev–Trinajstić information content (AvgIpc) is 2.73. The van der Waals surface area contributed by atoms with E-state index in [2.05, 4.69) is 11.4 Å². The molecule has 19 heavy (non-hydrogen) atoms. The molecule has 1 aromatic carbocycles. The van der Waals surface area contributed by atoms with E-state index >= 15 is 0 Å². The summed E-state index contributed by atoms with van der Waals surface area (Å²) in [5.74, 6) is -1.24. The Hall–Kier alpha value is -2.04. The number of amides is 2. The molecule has 100 valence electrons. The minimum Gasteiger partial charge on any atom is -0.481 e. The van der Waals surface area contributed by atoms with E-state index in [1.807, 2.05) is 12.1 Å². The molecule has 0 spiro atoms. The van der Waals surface area contributed by atoms with Gasteiger partial charge in [-0.05, 0) is 42.5 Å². The highest BCUT2D eigenvalue weighted by Crippen LogP contribution is 2.25. The molecule has 0 saturated carbocycles. The van der Waals surface area contributed by atoms with Crippen LogP contribution in [0.3, 0.4) is 0 Å². The molecule has 1 aromatic rings. The molecule has 0 radical (unpaired) electrons. The lowest BCUT2D eigenvalue weighted by Crippen LogP contribution is -2.54. The third kappa shape index (κ3) is 2.28. The van der Waals surface area contributed by atoms with Crippen LogP contribution in [-0.2, 0) is 17.6 Å². The molecule has 1 heterocycles. The summed E-state index contributed by atoms with van der Waals surface area (Å²) in [7, 11) is 0. The third-order valence-electron chi connectivity index (χ3n) is 3.87. The van der Waals surface area contributed by atoms with E-state index in [0.29, 0.717) is 13.1 Å². The number of carbonyl (C=O) groups excluding carboxylic acids is 1. The van der Waals surface area contributed by atoms with Crippen molar-refractivity contribution >= 4 is 17.7 Å². The molecular weight excluding hydrogens is 244 g/mol. The Morgan fingerprint density at radius 1 is 1.21 bits per heavy atom. The number of hydrogen-bond acceptors (Lipinski definition) is 2. The molecule has 3 rings (SSSR count). The highest BCUT2D eigenvalue weighted by Gasteiger charge is 2.35. The van der Waals surface area contributed by atoms with Crippen LogP contribution >= 0.6 is 0 Å². The summed E-state index contributed by atoms with van der Waals surface area (Å²) in [5.41, 5.74) is 3.47. The van der Waals surface area contributed by atoms with E-state index < -0.39 is 11.9 Å². The largest absolute Gasteiger partial charge is 0.481 e. The molecule has 1 aliphatic heterocycles. The number of benzene rings is 1. The average molecular weight is 260 g/mol. The zero-order valence-electron chi connectivity index (χ0n) is 10.6. The maximum atomic E-state index is 11.9. The lowest BCUT2D eigenvalue weighted by Gasteiger charge is -2.36. The summed E-state index contributed by atoms with van der Waals surface area (Å²) in [6, 6.07) is 5.79. The monoisotopic (exact) mass is 260 g/mol. The summed E-state index contributed by atoms with van der Waals surface area (Å²) in [6.07, 6.45) is 3.37. The van der Waals surface area contributed by atoms with Gasteiger partial charge in [0.15, 0.2) is 0 Å². The first-order valence-corrected chi connectivity index (χ1v) is 6.54. The van der Waals surface area contributed by atoms with Gasteiger partial charge in [-0.3, -0.25) is 4.79 Å². The molecule has 0 atom stereocenters. The summed E-state index contributed by atoms with van der Waals surface area (Å²) in [5, 5.41) is 11.6. The number of aryl methyl sites for hydroxylation is 2. The fourth-order valence-electron chi connectivity index (χ4n) is 2.65. The lowest BCUT2D eigenvalue weighted by atomic mass is 10.0. The molecule has 0 aromatic heterocycles. The number of carbonyl (C=O) groups is 2. The number of nitrogens with one attached hydrogen (secondary N) is 1. The van der Waals surface area contributed by atoms with Crippen molar-refractivity contribution in [1.29, 1.82) is 0 Å². The van der Waals surface area contributed by atoms with Crippen molar-refractivity contribution in [3.05, 3.63) is 29.3 Å². The van der Waals surface area contributed by atoms with E-state index in [0.717, 1.165) is 18.5 Å². The smallest absolute Gasteiger partial charge is 0.321 e. The second kappa shape index (κ2) is 4.57. The molecule has 2 N–H and O–H groups in total. The van der Waals surface area contributed by atoms with E-state index in [-0.39, 0.29) is 6.03 Å². The molecular formula is C14H16N2O3. The maximum absolute atomic E-state index is 11.9. The second-order valence-corrected chi connectivity index (χ2v) is 5.21. The molecule has 0 bridgehead atoms. The van der Waals surface area contributed by atoms with Crippen molar-refractivity contribution in [1.82, 2.24) is 4.90 Å². The number of carboxylic acid groups (broad SMARTS) is 1.